The molecule has 0 bridgehead atoms. The van der Waals surface area contributed by atoms with Gasteiger partial charge < -0.3 is 24.4 Å². The van der Waals surface area contributed by atoms with Crippen LogP contribution in [0.4, 0.5) is 4.79 Å². The first-order valence-corrected chi connectivity index (χ1v) is 11.7. The first-order valence-electron chi connectivity index (χ1n) is 11.7. The van der Waals surface area contributed by atoms with E-state index in [1.807, 2.05) is 25.1 Å². The maximum absolute atomic E-state index is 13.3. The lowest BCUT2D eigenvalue weighted by molar-refractivity contribution is -0.157. The first-order chi connectivity index (χ1) is 16.1. The number of alkyl carbamates (subject to hydrolysis) is 1. The maximum atomic E-state index is 13.3. The minimum Gasteiger partial charge on any atom is -0.466 e. The summed E-state index contributed by atoms with van der Waals surface area (Å²) in [6.45, 7) is 9.59. The van der Waals surface area contributed by atoms with Gasteiger partial charge in [0.1, 0.15) is 18.2 Å². The topological polar surface area (TPSA) is 111 Å². The molecule has 190 valence electrons. The van der Waals surface area contributed by atoms with Crippen molar-refractivity contribution in [3.63, 3.8) is 0 Å². The maximum Gasteiger partial charge on any atom is 0.408 e. The van der Waals surface area contributed by atoms with Crippen molar-refractivity contribution in [3.8, 4) is 0 Å². The van der Waals surface area contributed by atoms with Crippen LogP contribution in [0, 0.1) is 0 Å². The fourth-order valence-electron chi connectivity index (χ4n) is 3.02. The Kier molecular flexibility index (Phi) is 12.7. The van der Waals surface area contributed by atoms with Gasteiger partial charge >= 0.3 is 18.0 Å². The molecule has 9 nitrogen and oxygen atoms in total. The van der Waals surface area contributed by atoms with Gasteiger partial charge in [0.25, 0.3) is 0 Å². The lowest BCUT2D eigenvalue weighted by Crippen LogP contribution is -2.50. The Morgan fingerprint density at radius 2 is 1.65 bits per heavy atom. The molecule has 9 heteroatoms. The average molecular weight is 479 g/mol. The van der Waals surface area contributed by atoms with Crippen molar-refractivity contribution in [2.45, 2.75) is 78.6 Å². The molecule has 0 saturated carbocycles. The van der Waals surface area contributed by atoms with Crippen molar-refractivity contribution in [1.82, 2.24) is 10.2 Å². The predicted molar refractivity (Wildman–Crippen MR) is 127 cm³/mol. The van der Waals surface area contributed by atoms with Crippen LogP contribution in [0.15, 0.2) is 30.3 Å². The molecule has 1 atom stereocenters. The third kappa shape index (κ3) is 12.2. The second-order valence-corrected chi connectivity index (χ2v) is 8.78. The Bertz CT molecular complexity index is 790. The van der Waals surface area contributed by atoms with Crippen LogP contribution in [0.25, 0.3) is 0 Å². The number of hydrogen-bond donors (Lipinski definition) is 1. The average Bonchev–Trinajstić information content (AvgIpc) is 2.76. The molecular weight excluding hydrogens is 440 g/mol. The second-order valence-electron chi connectivity index (χ2n) is 8.78. The van der Waals surface area contributed by atoms with Crippen molar-refractivity contribution in [2.75, 3.05) is 19.7 Å². The molecule has 2 amide bonds. The minimum atomic E-state index is -1.20. The van der Waals surface area contributed by atoms with Gasteiger partial charge in [-0.05, 0) is 39.7 Å². The van der Waals surface area contributed by atoms with Gasteiger partial charge in [-0.25, -0.2) is 4.79 Å². The highest BCUT2D eigenvalue weighted by molar-refractivity contribution is 5.90. The van der Waals surface area contributed by atoms with Crippen molar-refractivity contribution >= 4 is 23.9 Å². The SMILES string of the molecule is CCCCN(CCC(=O)OCC)C(=O)[C@H](CC(=O)OC(C)(C)C)NC(=O)OCc1ccccc1. The van der Waals surface area contributed by atoms with E-state index in [4.69, 9.17) is 14.2 Å². The summed E-state index contributed by atoms with van der Waals surface area (Å²) in [7, 11) is 0. The molecule has 0 aromatic heterocycles. The molecule has 0 aliphatic carbocycles. The Labute approximate surface area is 202 Å². The zero-order valence-electron chi connectivity index (χ0n) is 20.9. The van der Waals surface area contributed by atoms with E-state index >= 15 is 0 Å². The molecule has 1 aromatic rings. The monoisotopic (exact) mass is 478 g/mol. The first kappa shape index (κ1) is 28.9. The fraction of sp³-hybridized carbons (Fsp3) is 0.600. The Hall–Kier alpha value is -3.10. The molecule has 0 heterocycles. The Morgan fingerprint density at radius 3 is 2.24 bits per heavy atom. The Balaban J connectivity index is 2.94. The number of carbonyl (C=O) groups is 4. The van der Waals surface area contributed by atoms with Crippen molar-refractivity contribution in [3.05, 3.63) is 35.9 Å². The number of nitrogens with one attached hydrogen (secondary N) is 1. The van der Waals surface area contributed by atoms with Crippen LogP contribution in [0.3, 0.4) is 0 Å². The quantitative estimate of drug-likeness (QED) is 0.341. The molecule has 0 aliphatic heterocycles. The number of unbranched alkanes of at least 4 members (excludes halogenated alkanes) is 1. The summed E-state index contributed by atoms with van der Waals surface area (Å²) in [5, 5.41) is 2.50. The summed E-state index contributed by atoms with van der Waals surface area (Å²) >= 11 is 0. The van der Waals surface area contributed by atoms with E-state index in [9.17, 15) is 19.2 Å². The number of esters is 2. The summed E-state index contributed by atoms with van der Waals surface area (Å²) in [6, 6.07) is 7.90. The van der Waals surface area contributed by atoms with E-state index < -0.39 is 35.6 Å². The van der Waals surface area contributed by atoms with Gasteiger partial charge in [0.05, 0.1) is 19.4 Å². The van der Waals surface area contributed by atoms with E-state index in [0.717, 1.165) is 12.0 Å². The van der Waals surface area contributed by atoms with Gasteiger partial charge in [-0.2, -0.15) is 0 Å². The Morgan fingerprint density at radius 1 is 0.971 bits per heavy atom. The highest BCUT2D eigenvalue weighted by Crippen LogP contribution is 2.12. The molecular formula is C25H38N2O7. The molecule has 0 fully saturated rings. The molecule has 1 N–H and O–H groups in total. The molecule has 0 aliphatic rings. The number of benzene rings is 1. The van der Waals surface area contributed by atoms with Gasteiger partial charge in [-0.1, -0.05) is 43.7 Å². The van der Waals surface area contributed by atoms with Crippen molar-refractivity contribution in [2.24, 2.45) is 0 Å². The van der Waals surface area contributed by atoms with Crippen LogP contribution in [0.2, 0.25) is 0 Å². The standard InChI is InChI=1S/C25H38N2O7/c1-6-8-15-27(16-14-21(28)32-7-2)23(30)20(17-22(29)34-25(3,4)5)26-24(31)33-18-19-12-10-9-11-13-19/h9-13,20H,6-8,14-18H2,1-5H3,(H,26,31)/t20-/m0/s1. The molecule has 1 rings (SSSR count). The van der Waals surface area contributed by atoms with Crippen LogP contribution in [-0.2, 0) is 35.2 Å². The largest absolute Gasteiger partial charge is 0.466 e. The van der Waals surface area contributed by atoms with E-state index in [0.29, 0.717) is 13.0 Å². The molecule has 0 radical (unpaired) electrons. The molecule has 34 heavy (non-hydrogen) atoms. The van der Waals surface area contributed by atoms with E-state index in [2.05, 4.69) is 5.32 Å². The summed E-state index contributed by atoms with van der Waals surface area (Å²) in [5.41, 5.74) is 0.0382. The minimum absolute atomic E-state index is 0.0148. The van der Waals surface area contributed by atoms with Crippen LogP contribution in [-0.4, -0.2) is 60.2 Å². The van der Waals surface area contributed by atoms with Gasteiger partial charge in [-0.15, -0.1) is 0 Å². The van der Waals surface area contributed by atoms with Gasteiger partial charge in [0.15, 0.2) is 0 Å². The molecule has 0 saturated heterocycles. The van der Waals surface area contributed by atoms with Crippen LogP contribution in [0.1, 0.15) is 65.9 Å². The molecule has 0 spiro atoms. The summed E-state index contributed by atoms with van der Waals surface area (Å²) in [5.74, 6) is -1.54. The number of rotatable bonds is 13. The van der Waals surface area contributed by atoms with Crippen LogP contribution >= 0.6 is 0 Å². The van der Waals surface area contributed by atoms with E-state index in [1.165, 1.54) is 4.90 Å². The third-order valence-corrected chi connectivity index (χ3v) is 4.58. The lowest BCUT2D eigenvalue weighted by Gasteiger charge is -2.28. The van der Waals surface area contributed by atoms with E-state index in [1.54, 1.807) is 39.8 Å². The summed E-state index contributed by atoms with van der Waals surface area (Å²) in [4.78, 5) is 51.5. The smallest absolute Gasteiger partial charge is 0.408 e. The fourth-order valence-corrected chi connectivity index (χ4v) is 3.02. The predicted octanol–water partition coefficient (Wildman–Crippen LogP) is 3.60. The number of carbonyl (C=O) groups excluding carboxylic acids is 4. The van der Waals surface area contributed by atoms with Crippen LogP contribution in [0.5, 0.6) is 0 Å². The van der Waals surface area contributed by atoms with Crippen LogP contribution < -0.4 is 5.32 Å². The zero-order valence-corrected chi connectivity index (χ0v) is 20.9. The van der Waals surface area contributed by atoms with Gasteiger partial charge in [-0.3, -0.25) is 14.4 Å². The third-order valence-electron chi connectivity index (χ3n) is 4.58. The van der Waals surface area contributed by atoms with Crippen molar-refractivity contribution in [1.29, 1.82) is 0 Å². The lowest BCUT2D eigenvalue weighted by atomic mass is 10.1. The van der Waals surface area contributed by atoms with E-state index in [-0.39, 0.29) is 32.6 Å². The van der Waals surface area contributed by atoms with Gasteiger partial charge in [0.2, 0.25) is 5.91 Å². The second kappa shape index (κ2) is 14.9. The number of hydrogen-bond acceptors (Lipinski definition) is 7. The number of ether oxygens (including phenoxy) is 3. The number of amides is 2. The molecule has 0 unspecified atom stereocenters. The van der Waals surface area contributed by atoms with Crippen molar-refractivity contribution < 1.29 is 33.4 Å². The normalized spacial score (nSPS) is 11.8. The highest BCUT2D eigenvalue weighted by atomic mass is 16.6. The molecule has 1 aromatic carbocycles. The zero-order chi connectivity index (χ0) is 25.6. The number of nitrogens with zero attached hydrogens (tertiary/aromatic N) is 1. The highest BCUT2D eigenvalue weighted by Gasteiger charge is 2.31. The summed E-state index contributed by atoms with van der Waals surface area (Å²) < 4.78 is 15.5. The summed E-state index contributed by atoms with van der Waals surface area (Å²) in [6.07, 6.45) is 0.351. The van der Waals surface area contributed by atoms with Gasteiger partial charge in [0, 0.05) is 13.1 Å².